The van der Waals surface area contributed by atoms with Crippen molar-refractivity contribution in [3.8, 4) is 17.2 Å². The van der Waals surface area contributed by atoms with E-state index in [1.807, 2.05) is 30.3 Å². The van der Waals surface area contributed by atoms with Crippen LogP contribution in [0.15, 0.2) is 94.8 Å². The van der Waals surface area contributed by atoms with Gasteiger partial charge in [0.05, 0.1) is 18.6 Å². The van der Waals surface area contributed by atoms with Gasteiger partial charge in [0.25, 0.3) is 11.1 Å². The Hall–Kier alpha value is -5.18. The number of imidazole rings is 1. The van der Waals surface area contributed by atoms with E-state index in [9.17, 15) is 14.0 Å². The normalized spacial score (nSPS) is 12.2. The van der Waals surface area contributed by atoms with Gasteiger partial charge in [-0.3, -0.25) is 9.59 Å². The third-order valence-corrected chi connectivity index (χ3v) is 6.50. The van der Waals surface area contributed by atoms with E-state index in [1.54, 1.807) is 42.7 Å². The largest absolute Gasteiger partial charge is 0.494 e. The van der Waals surface area contributed by atoms with E-state index in [4.69, 9.17) is 9.47 Å². The van der Waals surface area contributed by atoms with Crippen LogP contribution < -0.4 is 31.3 Å². The summed E-state index contributed by atoms with van der Waals surface area (Å²) in [5.74, 6) is 1.59. The van der Waals surface area contributed by atoms with E-state index in [-0.39, 0.29) is 22.4 Å². The smallest absolute Gasteiger partial charge is 0.272 e. The van der Waals surface area contributed by atoms with Gasteiger partial charge in [-0.1, -0.05) is 44.2 Å². The Morgan fingerprint density at radius 2 is 1.55 bits per heavy atom. The zero-order valence-corrected chi connectivity index (χ0v) is 23.3. The molecule has 0 radical (unpaired) electrons. The van der Waals surface area contributed by atoms with Crippen LogP contribution in [0.1, 0.15) is 43.1 Å². The zero-order valence-electron chi connectivity index (χ0n) is 23.3. The molecule has 0 saturated carbocycles. The van der Waals surface area contributed by atoms with Gasteiger partial charge < -0.3 is 24.0 Å². The van der Waals surface area contributed by atoms with Crippen LogP contribution in [-0.2, 0) is 6.54 Å². The fraction of sp³-hybridized carbons (Fsp3) is 0.182. The number of aromatic amines is 2. The molecule has 0 spiro atoms. The Morgan fingerprint density at radius 1 is 0.857 bits per heavy atom. The summed E-state index contributed by atoms with van der Waals surface area (Å²) in [6.45, 7) is 5.38. The molecule has 0 aliphatic heterocycles. The summed E-state index contributed by atoms with van der Waals surface area (Å²) in [5, 5.41) is 0.217. The summed E-state index contributed by atoms with van der Waals surface area (Å²) in [7, 11) is 0. The molecule has 0 amide bonds. The Balaban J connectivity index is 1.36. The average molecular weight is 567 g/mol. The number of H-pyrrole nitrogens is 2. The Labute approximate surface area is 241 Å². The molecule has 5 rings (SSSR count). The molecule has 0 fully saturated rings. The molecule has 0 saturated heterocycles. The van der Waals surface area contributed by atoms with Gasteiger partial charge in [-0.2, -0.15) is 0 Å². The Kier molecular flexibility index (Phi) is 8.77. The maximum absolute atomic E-state index is 13.2. The summed E-state index contributed by atoms with van der Waals surface area (Å²) in [5.41, 5.74) is 1.33. The molecule has 2 aromatic heterocycles. The molecule has 0 atom stereocenters. The highest BCUT2D eigenvalue weighted by Gasteiger charge is 2.13. The van der Waals surface area contributed by atoms with E-state index in [2.05, 4.69) is 33.4 Å². The lowest BCUT2D eigenvalue weighted by atomic mass is 10.1. The van der Waals surface area contributed by atoms with Crippen LogP contribution in [0.3, 0.4) is 0 Å². The molecule has 3 aromatic carbocycles. The van der Waals surface area contributed by atoms with Crippen molar-refractivity contribution in [2.24, 2.45) is 0 Å². The number of rotatable bonds is 10. The van der Waals surface area contributed by atoms with E-state index >= 15 is 0 Å². The number of nitrogens with one attached hydrogen (secondary N) is 2. The molecule has 0 bridgehead atoms. The molecule has 2 heterocycles. The van der Waals surface area contributed by atoms with Crippen LogP contribution in [-0.4, -0.2) is 26.1 Å². The highest BCUT2D eigenvalue weighted by molar-refractivity contribution is 5.52. The van der Waals surface area contributed by atoms with Crippen molar-refractivity contribution in [1.29, 1.82) is 0 Å². The highest BCUT2D eigenvalue weighted by Crippen LogP contribution is 2.23. The zero-order chi connectivity index (χ0) is 29.5. The summed E-state index contributed by atoms with van der Waals surface area (Å²) in [6.07, 6.45) is 5.70. The van der Waals surface area contributed by atoms with Crippen molar-refractivity contribution in [1.82, 2.24) is 19.5 Å². The lowest BCUT2D eigenvalue weighted by Crippen LogP contribution is -2.46. The minimum atomic E-state index is -0.450. The Bertz CT molecular complexity index is 1890. The monoisotopic (exact) mass is 566 g/mol. The van der Waals surface area contributed by atoms with Gasteiger partial charge in [-0.25, -0.2) is 9.37 Å². The van der Waals surface area contributed by atoms with Crippen LogP contribution in [0.4, 0.5) is 4.39 Å². The van der Waals surface area contributed by atoms with Gasteiger partial charge in [0.15, 0.2) is 0 Å². The van der Waals surface area contributed by atoms with Gasteiger partial charge in [-0.05, 0) is 78.6 Å². The van der Waals surface area contributed by atoms with Gasteiger partial charge in [0, 0.05) is 12.2 Å². The first-order valence-corrected chi connectivity index (χ1v) is 13.7. The minimum Gasteiger partial charge on any atom is -0.494 e. The maximum atomic E-state index is 13.2. The van der Waals surface area contributed by atoms with Crippen LogP contribution in [0.5, 0.6) is 17.2 Å². The standard InChI is InChI=1S/C33H31FN4O4/c1-22(2)31-28(35-21-38(31)16-7-17-41-25-9-4-3-5-10-25)20-30-33(40)36-29(32(39)37-30)19-23-8-6-11-27(18-23)42-26-14-12-24(34)13-15-26/h3-6,8-15,18-22H,7,16-17H2,1-2H3,(H,36,40)(H,37,39)/b29-19-,30-20-. The van der Waals surface area contributed by atoms with Gasteiger partial charge in [0.1, 0.15) is 33.8 Å². The average Bonchev–Trinajstić information content (AvgIpc) is 3.38. The van der Waals surface area contributed by atoms with Crippen LogP contribution >= 0.6 is 0 Å². The number of nitrogens with zero attached hydrogens (tertiary/aromatic N) is 2. The second kappa shape index (κ2) is 13.0. The van der Waals surface area contributed by atoms with E-state index in [0.717, 1.165) is 17.9 Å². The second-order valence-corrected chi connectivity index (χ2v) is 10.0. The lowest BCUT2D eigenvalue weighted by Gasteiger charge is -2.12. The maximum Gasteiger partial charge on any atom is 0.272 e. The summed E-state index contributed by atoms with van der Waals surface area (Å²) < 4.78 is 26.8. The van der Waals surface area contributed by atoms with E-state index in [0.29, 0.717) is 35.9 Å². The van der Waals surface area contributed by atoms with E-state index in [1.165, 1.54) is 24.3 Å². The number of aromatic nitrogens is 4. The molecule has 8 nitrogen and oxygen atoms in total. The third kappa shape index (κ3) is 7.11. The fourth-order valence-electron chi connectivity index (χ4n) is 4.57. The van der Waals surface area contributed by atoms with Crippen LogP contribution in [0.25, 0.3) is 12.2 Å². The number of ether oxygens (including phenoxy) is 2. The quantitative estimate of drug-likeness (QED) is 0.244. The molecule has 0 aliphatic rings. The van der Waals surface area contributed by atoms with Crippen molar-refractivity contribution in [2.45, 2.75) is 32.7 Å². The molecule has 214 valence electrons. The van der Waals surface area contributed by atoms with Crippen molar-refractivity contribution in [3.63, 3.8) is 0 Å². The number of para-hydroxylation sites is 1. The van der Waals surface area contributed by atoms with Crippen molar-refractivity contribution in [2.75, 3.05) is 6.61 Å². The van der Waals surface area contributed by atoms with Crippen molar-refractivity contribution in [3.05, 3.63) is 139 Å². The molecular weight excluding hydrogens is 535 g/mol. The van der Waals surface area contributed by atoms with E-state index < -0.39 is 11.1 Å². The molecular formula is C33H31FN4O4. The predicted octanol–water partition coefficient (Wildman–Crippen LogP) is 4.44. The number of hydrogen-bond acceptors (Lipinski definition) is 5. The number of hydrogen-bond donors (Lipinski definition) is 2. The van der Waals surface area contributed by atoms with Gasteiger partial charge in [0.2, 0.25) is 0 Å². The van der Waals surface area contributed by atoms with Gasteiger partial charge in [-0.15, -0.1) is 0 Å². The summed E-state index contributed by atoms with van der Waals surface area (Å²) in [4.78, 5) is 35.8. The highest BCUT2D eigenvalue weighted by atomic mass is 19.1. The molecule has 0 aliphatic carbocycles. The van der Waals surface area contributed by atoms with Crippen molar-refractivity contribution >= 4 is 12.2 Å². The molecule has 2 N–H and O–H groups in total. The molecule has 9 heteroatoms. The predicted molar refractivity (Wildman–Crippen MR) is 160 cm³/mol. The number of benzene rings is 3. The number of aryl methyl sites for hydroxylation is 1. The SMILES string of the molecule is CC(C)c1c(/C=c2\[nH]c(=O)/c(=C/c3cccc(Oc4ccc(F)cc4)c3)[nH]c2=O)ncn1CCCOc1ccccc1. The topological polar surface area (TPSA) is 102 Å². The second-order valence-electron chi connectivity index (χ2n) is 10.0. The minimum absolute atomic E-state index is 0.101. The third-order valence-electron chi connectivity index (χ3n) is 6.50. The molecule has 5 aromatic rings. The first-order valence-electron chi connectivity index (χ1n) is 13.7. The Morgan fingerprint density at radius 3 is 2.26 bits per heavy atom. The molecule has 42 heavy (non-hydrogen) atoms. The summed E-state index contributed by atoms with van der Waals surface area (Å²) >= 11 is 0. The lowest BCUT2D eigenvalue weighted by molar-refractivity contribution is 0.300. The first kappa shape index (κ1) is 28.4. The molecule has 0 unspecified atom stereocenters. The fourth-order valence-corrected chi connectivity index (χ4v) is 4.57. The van der Waals surface area contributed by atoms with Crippen LogP contribution in [0, 0.1) is 5.82 Å². The van der Waals surface area contributed by atoms with Crippen molar-refractivity contribution < 1.29 is 13.9 Å². The number of halogens is 1. The summed E-state index contributed by atoms with van der Waals surface area (Å²) in [6, 6.07) is 22.3. The first-order chi connectivity index (χ1) is 20.4. The van der Waals surface area contributed by atoms with Crippen LogP contribution in [0.2, 0.25) is 0 Å². The van der Waals surface area contributed by atoms with Gasteiger partial charge >= 0.3 is 0 Å².